The summed E-state index contributed by atoms with van der Waals surface area (Å²) in [6, 6.07) is 85.1. The van der Waals surface area contributed by atoms with E-state index in [1.165, 1.54) is 216 Å². The van der Waals surface area contributed by atoms with Crippen LogP contribution in [0.1, 0.15) is 228 Å². The number of nitrogens with zero attached hydrogens (tertiary/aromatic N) is 1. The number of rotatable bonds is 17. The molecule has 0 radical (unpaired) electrons. The van der Waals surface area contributed by atoms with Crippen molar-refractivity contribution in [3.05, 3.63) is 280 Å². The Labute approximate surface area is 627 Å². The van der Waals surface area contributed by atoms with Gasteiger partial charge in [0.1, 0.15) is 22.3 Å². The Hall–Kier alpha value is -9.96. The zero-order valence-electron chi connectivity index (χ0n) is 64.5. The van der Waals surface area contributed by atoms with E-state index in [-0.39, 0.29) is 32.5 Å². The molecule has 5 aliphatic carbocycles. The van der Waals surface area contributed by atoms with E-state index in [1.807, 2.05) is 0 Å². The molecule has 12 aromatic carbocycles. The van der Waals surface area contributed by atoms with Crippen molar-refractivity contribution >= 4 is 60.9 Å². The number of benzene rings is 12. The second-order valence-electron chi connectivity index (χ2n) is 35.4. The van der Waals surface area contributed by atoms with Crippen molar-refractivity contribution in [2.24, 2.45) is 0 Å². The van der Waals surface area contributed by atoms with Crippen LogP contribution in [0.15, 0.2) is 227 Å². The first-order valence-corrected chi connectivity index (χ1v) is 40.0. The lowest BCUT2D eigenvalue weighted by Crippen LogP contribution is -2.25. The van der Waals surface area contributed by atoms with E-state index in [2.05, 4.69) is 313 Å². The van der Waals surface area contributed by atoms with Gasteiger partial charge in [-0.1, -0.05) is 282 Å². The fraction of sp³-hybridized carbons (Fsp3) is 0.301. The van der Waals surface area contributed by atoms with E-state index in [1.54, 1.807) is 11.1 Å². The highest BCUT2D eigenvalue weighted by atomic mass is 16.3. The lowest BCUT2D eigenvalue weighted by atomic mass is 9.70. The summed E-state index contributed by atoms with van der Waals surface area (Å²) in [7, 11) is 0. The molecule has 0 unspecified atom stereocenters. The smallest absolute Gasteiger partial charge is 0.143 e. The molecule has 3 heteroatoms. The highest BCUT2D eigenvalue weighted by Gasteiger charge is 2.47. The minimum absolute atomic E-state index is 0.000925. The van der Waals surface area contributed by atoms with Crippen LogP contribution in [0.2, 0.25) is 0 Å². The third-order valence-corrected chi connectivity index (χ3v) is 26.7. The van der Waals surface area contributed by atoms with Gasteiger partial charge >= 0.3 is 0 Å². The van der Waals surface area contributed by atoms with Gasteiger partial charge in [0.15, 0.2) is 0 Å². The minimum atomic E-state index is -0.377. The molecule has 2 aromatic heterocycles. The van der Waals surface area contributed by atoms with Crippen molar-refractivity contribution in [3.63, 3.8) is 0 Å². The molecule has 0 N–H and O–H groups in total. The van der Waals surface area contributed by atoms with Crippen LogP contribution >= 0.6 is 0 Å². The van der Waals surface area contributed by atoms with Gasteiger partial charge in [-0.25, -0.2) is 0 Å². The molecule has 0 fully saturated rings. The zero-order valence-corrected chi connectivity index (χ0v) is 64.5. The summed E-state index contributed by atoms with van der Waals surface area (Å²) < 4.78 is 13.8. The normalized spacial score (nSPS) is 15.9. The average molecular weight is 1380 g/mol. The van der Waals surface area contributed by atoms with Crippen molar-refractivity contribution in [1.82, 2.24) is 0 Å². The molecular formula is C103H99NO2. The van der Waals surface area contributed by atoms with Gasteiger partial charge < -0.3 is 13.7 Å². The molecule has 106 heavy (non-hydrogen) atoms. The Kier molecular flexibility index (Phi) is 15.1. The summed E-state index contributed by atoms with van der Waals surface area (Å²) in [6.07, 6.45) is 15.4. The van der Waals surface area contributed by atoms with Crippen LogP contribution in [0.25, 0.3) is 122 Å². The minimum Gasteiger partial charge on any atom is -0.456 e. The molecule has 0 saturated carbocycles. The first-order chi connectivity index (χ1) is 51.1. The number of anilines is 3. The molecule has 3 nitrogen and oxygen atoms in total. The molecule has 0 bridgehead atoms. The standard InChI is InChI=1S/C103H99NO2/c1-14-16-18-20-28-52-103(53-29-21-19-17-15-2)80-33-25-22-30-69(80)72-46-37-63(55-88(72)103)62-36-45-70-71-47-38-64(56-83(71)100(8,9)82(70)54-62)77-59-89-93(96-76-32-24-27-35-91(76)106-97(77)96)74-49-44-68(58-85(74)102(89,12)13)104(66-41-39-65(40-42-66)98(3,4)5)67-43-48-73-78-60-87-79(61-86(78)101(10,11)84(73)57-67)94-81(99(87,6)7)50-51-92-95(94)75-31-23-26-34-90(75)105-92/h22-27,30-51,54-61H,14-21,28-29,52-53H2,1-13H3. The van der Waals surface area contributed by atoms with Gasteiger partial charge in [0.05, 0.1) is 0 Å². The molecular weight excluding hydrogens is 1280 g/mol. The molecule has 0 saturated heterocycles. The Balaban J connectivity index is 0.688. The zero-order chi connectivity index (χ0) is 72.7. The number of hydrogen-bond acceptors (Lipinski definition) is 3. The highest BCUT2D eigenvalue weighted by Crippen LogP contribution is 2.62. The number of para-hydroxylation sites is 2. The summed E-state index contributed by atoms with van der Waals surface area (Å²) in [5, 5.41) is 4.75. The van der Waals surface area contributed by atoms with E-state index in [0.29, 0.717) is 0 Å². The largest absolute Gasteiger partial charge is 0.456 e. The van der Waals surface area contributed by atoms with Crippen LogP contribution in [0.4, 0.5) is 17.1 Å². The summed E-state index contributed by atoms with van der Waals surface area (Å²) in [5.74, 6) is 0. The molecule has 0 aliphatic heterocycles. The van der Waals surface area contributed by atoms with Gasteiger partial charge in [-0.05, 0) is 243 Å². The predicted molar refractivity (Wildman–Crippen MR) is 448 cm³/mol. The molecule has 5 aliphatic rings. The predicted octanol–water partition coefficient (Wildman–Crippen LogP) is 29.8. The SMILES string of the molecule is CCCCCCCC1(CCCCCCC)c2ccccc2-c2ccc(-c3ccc4c(c3)C(C)(C)c3cc(-c5cc6c(c7c5oc5ccccc57)-c5ccc(N(c7ccc(C(C)(C)C)cc7)c7ccc8c(c7)C(C)(C)c7cc9c(cc7-8)C(C)(C)c7ccc8oc%10ccccc%10c8c7-9)cc5C6(C)C)ccc3-4)cc21. The van der Waals surface area contributed by atoms with Crippen LogP contribution in [0.5, 0.6) is 0 Å². The third-order valence-electron chi connectivity index (χ3n) is 26.7. The van der Waals surface area contributed by atoms with E-state index in [0.717, 1.165) is 50.3 Å². The molecule has 19 rings (SSSR count). The maximum atomic E-state index is 7.24. The van der Waals surface area contributed by atoms with Crippen molar-refractivity contribution in [1.29, 1.82) is 0 Å². The van der Waals surface area contributed by atoms with Crippen molar-refractivity contribution in [2.45, 2.75) is 200 Å². The molecule has 0 amide bonds. The second kappa shape index (κ2) is 24.0. The van der Waals surface area contributed by atoms with Crippen molar-refractivity contribution in [3.8, 4) is 77.9 Å². The molecule has 528 valence electrons. The Morgan fingerprint density at radius 3 is 1.40 bits per heavy atom. The number of fused-ring (bicyclic) bond motifs is 23. The van der Waals surface area contributed by atoms with Gasteiger partial charge in [-0.15, -0.1) is 0 Å². The van der Waals surface area contributed by atoms with Gasteiger partial charge in [-0.2, -0.15) is 0 Å². The lowest BCUT2D eigenvalue weighted by Gasteiger charge is -2.33. The fourth-order valence-corrected chi connectivity index (χ4v) is 20.8. The molecule has 14 aromatic rings. The average Bonchev–Trinajstić information content (AvgIpc) is 1.54. The van der Waals surface area contributed by atoms with Gasteiger partial charge in [0.2, 0.25) is 0 Å². The summed E-state index contributed by atoms with van der Waals surface area (Å²) in [4.78, 5) is 2.52. The Bertz CT molecular complexity index is 5970. The summed E-state index contributed by atoms with van der Waals surface area (Å²) in [6.45, 7) is 31.1. The van der Waals surface area contributed by atoms with Gasteiger partial charge in [0, 0.05) is 71.2 Å². The fourth-order valence-electron chi connectivity index (χ4n) is 20.8. The third kappa shape index (κ3) is 9.74. The van der Waals surface area contributed by atoms with Crippen LogP contribution in [0.3, 0.4) is 0 Å². The Morgan fingerprint density at radius 2 is 0.745 bits per heavy atom. The Morgan fingerprint density at radius 1 is 0.302 bits per heavy atom. The first-order valence-electron chi connectivity index (χ1n) is 40.0. The van der Waals surface area contributed by atoms with Crippen LogP contribution in [-0.2, 0) is 32.5 Å². The first kappa shape index (κ1) is 66.7. The molecule has 0 atom stereocenters. The molecule has 0 spiro atoms. The highest BCUT2D eigenvalue weighted by molar-refractivity contribution is 6.19. The topological polar surface area (TPSA) is 29.5 Å². The number of furan rings is 2. The van der Waals surface area contributed by atoms with E-state index >= 15 is 0 Å². The quantitative estimate of drug-likeness (QED) is 0.0851. The monoisotopic (exact) mass is 1380 g/mol. The maximum absolute atomic E-state index is 7.24. The van der Waals surface area contributed by atoms with Gasteiger partial charge in [0.25, 0.3) is 0 Å². The van der Waals surface area contributed by atoms with Crippen molar-refractivity contribution < 1.29 is 8.83 Å². The van der Waals surface area contributed by atoms with Crippen molar-refractivity contribution in [2.75, 3.05) is 4.90 Å². The van der Waals surface area contributed by atoms with E-state index < -0.39 is 0 Å². The van der Waals surface area contributed by atoms with Gasteiger partial charge in [-0.3, -0.25) is 0 Å². The number of hydrogen-bond donors (Lipinski definition) is 0. The maximum Gasteiger partial charge on any atom is 0.143 e. The van der Waals surface area contributed by atoms with Crippen LogP contribution < -0.4 is 4.90 Å². The summed E-state index contributed by atoms with van der Waals surface area (Å²) in [5.41, 5.74) is 39.7. The second-order valence-corrected chi connectivity index (χ2v) is 35.4. The summed E-state index contributed by atoms with van der Waals surface area (Å²) >= 11 is 0. The van der Waals surface area contributed by atoms with Crippen LogP contribution in [-0.4, -0.2) is 0 Å². The van der Waals surface area contributed by atoms with Crippen LogP contribution in [0, 0.1) is 0 Å². The van der Waals surface area contributed by atoms with E-state index in [4.69, 9.17) is 8.83 Å². The number of unbranched alkanes of at least 4 members (excludes halogenated alkanes) is 8. The molecule has 2 heterocycles. The van der Waals surface area contributed by atoms with E-state index in [9.17, 15) is 0 Å². The lowest BCUT2D eigenvalue weighted by molar-refractivity contribution is 0.399.